The first-order chi connectivity index (χ1) is 2.77. The molecular weight excluding hydrogens is 102 g/mol. The molecule has 0 aromatic carbocycles. The second-order valence-electron chi connectivity index (χ2n) is 1.09. The Bertz CT molecular complexity index is 55.7. The Hall–Kier alpha value is 0.236. The van der Waals surface area contributed by atoms with E-state index in [1.807, 2.05) is 6.92 Å². The fourth-order valence-corrected chi connectivity index (χ4v) is 0.249. The van der Waals surface area contributed by atoms with Crippen LogP contribution in [0.5, 0.6) is 0 Å². The summed E-state index contributed by atoms with van der Waals surface area (Å²) in [6.45, 7) is 4.13. The lowest BCUT2D eigenvalue weighted by molar-refractivity contribution is -0.118. The van der Waals surface area contributed by atoms with Crippen LogP contribution in [0.15, 0.2) is 0 Å². The van der Waals surface area contributed by atoms with Crippen molar-refractivity contribution in [3.8, 4) is 0 Å². The molecule has 0 rings (SSSR count). The first-order valence-electron chi connectivity index (χ1n) is 2.01. The minimum atomic E-state index is 0. The van der Waals surface area contributed by atoms with Crippen LogP contribution in [0.25, 0.3) is 0 Å². The number of rotatable bonds is 1. The van der Waals surface area contributed by atoms with E-state index in [0.29, 0.717) is 0 Å². The molecule has 0 saturated carbocycles. The maximum absolute atomic E-state index is 9.93. The van der Waals surface area contributed by atoms with Gasteiger partial charge in [-0.05, 0) is 6.92 Å². The topological polar surface area (TPSA) is 29.1 Å². The van der Waals surface area contributed by atoms with Crippen molar-refractivity contribution in [3.63, 3.8) is 0 Å². The molecule has 1 N–H and O–H groups in total. The van der Waals surface area contributed by atoms with Gasteiger partial charge in [0.1, 0.15) is 0 Å². The van der Waals surface area contributed by atoms with Crippen molar-refractivity contribution >= 4 is 29.0 Å². The maximum atomic E-state index is 9.93. The zero-order valence-corrected chi connectivity index (χ0v) is 6.24. The number of amides is 1. The van der Waals surface area contributed by atoms with Crippen LogP contribution in [0.2, 0.25) is 0 Å². The first-order valence-corrected chi connectivity index (χ1v) is 2.01. The normalized spacial score (nSPS) is 6.57. The standard InChI is InChI=1S/C4H9NO.Mg/c1-3-5-4(2)6;/h3H2,1-2H3,(H,5,6);. The van der Waals surface area contributed by atoms with E-state index in [4.69, 9.17) is 0 Å². The van der Waals surface area contributed by atoms with E-state index in [-0.39, 0.29) is 29.0 Å². The molecule has 0 aromatic rings. The van der Waals surface area contributed by atoms with Crippen molar-refractivity contribution in [2.45, 2.75) is 13.8 Å². The van der Waals surface area contributed by atoms with Crippen LogP contribution in [-0.2, 0) is 4.79 Å². The van der Waals surface area contributed by atoms with Crippen molar-refractivity contribution in [2.75, 3.05) is 6.54 Å². The zero-order valence-electron chi connectivity index (χ0n) is 4.82. The largest absolute Gasteiger partial charge is 0.357 e. The quantitative estimate of drug-likeness (QED) is 0.465. The third-order valence-corrected chi connectivity index (χ3v) is 0.426. The summed E-state index contributed by atoms with van der Waals surface area (Å²) in [5, 5.41) is 2.57. The molecule has 7 heavy (non-hydrogen) atoms. The molecular formula is C4H9MgNO. The van der Waals surface area contributed by atoms with Gasteiger partial charge in [-0.3, -0.25) is 4.79 Å². The molecule has 0 atom stereocenters. The molecule has 0 aliphatic carbocycles. The average molecular weight is 111 g/mol. The van der Waals surface area contributed by atoms with E-state index in [0.717, 1.165) is 6.54 Å². The predicted octanol–water partition coefficient (Wildman–Crippen LogP) is -0.238. The fourth-order valence-electron chi connectivity index (χ4n) is 0.249. The van der Waals surface area contributed by atoms with Gasteiger partial charge in [0.05, 0.1) is 0 Å². The highest BCUT2D eigenvalue weighted by molar-refractivity contribution is 5.75. The molecule has 0 heterocycles. The Kier molecular flexibility index (Phi) is 9.14. The maximum Gasteiger partial charge on any atom is 0.216 e. The first kappa shape index (κ1) is 10.3. The van der Waals surface area contributed by atoms with Crippen LogP contribution in [0, 0.1) is 0 Å². The molecule has 0 unspecified atom stereocenters. The molecule has 0 aliphatic rings. The molecule has 0 fully saturated rings. The smallest absolute Gasteiger partial charge is 0.216 e. The minimum Gasteiger partial charge on any atom is -0.357 e. The second-order valence-corrected chi connectivity index (χ2v) is 1.09. The third kappa shape index (κ3) is 10.7. The van der Waals surface area contributed by atoms with Gasteiger partial charge in [0.2, 0.25) is 5.91 Å². The van der Waals surface area contributed by atoms with E-state index in [1.165, 1.54) is 6.92 Å². The van der Waals surface area contributed by atoms with E-state index in [9.17, 15) is 4.79 Å². The Morgan fingerprint density at radius 1 is 1.71 bits per heavy atom. The highest BCUT2D eigenvalue weighted by Crippen LogP contribution is 1.54. The Labute approximate surface area is 59.8 Å². The zero-order chi connectivity index (χ0) is 4.99. The molecule has 2 nitrogen and oxygen atoms in total. The van der Waals surface area contributed by atoms with Crippen molar-refractivity contribution in [2.24, 2.45) is 0 Å². The highest BCUT2D eigenvalue weighted by Gasteiger charge is 1.78. The van der Waals surface area contributed by atoms with Crippen molar-refractivity contribution in [3.05, 3.63) is 0 Å². The number of hydrogen-bond donors (Lipinski definition) is 1. The Balaban J connectivity index is 0. The monoisotopic (exact) mass is 111 g/mol. The van der Waals surface area contributed by atoms with Crippen LogP contribution >= 0.6 is 0 Å². The summed E-state index contributed by atoms with van der Waals surface area (Å²) < 4.78 is 0. The highest BCUT2D eigenvalue weighted by atomic mass is 24.3. The fraction of sp³-hybridized carbons (Fsp3) is 0.750. The second kappa shape index (κ2) is 6.24. The Morgan fingerprint density at radius 2 is 2.14 bits per heavy atom. The van der Waals surface area contributed by atoms with Gasteiger partial charge in [-0.2, -0.15) is 0 Å². The van der Waals surface area contributed by atoms with E-state index in [2.05, 4.69) is 5.32 Å². The molecule has 0 aliphatic heterocycles. The summed E-state index contributed by atoms with van der Waals surface area (Å²) in [5.74, 6) is 0.0394. The molecule has 0 spiro atoms. The van der Waals surface area contributed by atoms with Crippen molar-refractivity contribution < 1.29 is 4.79 Å². The third-order valence-electron chi connectivity index (χ3n) is 0.426. The number of hydrogen-bond acceptors (Lipinski definition) is 1. The summed E-state index contributed by atoms with van der Waals surface area (Å²) >= 11 is 0. The molecule has 1 amide bonds. The summed E-state index contributed by atoms with van der Waals surface area (Å²) in [5.41, 5.74) is 0. The van der Waals surface area contributed by atoms with E-state index in [1.54, 1.807) is 0 Å². The number of nitrogens with one attached hydrogen (secondary N) is 1. The van der Waals surface area contributed by atoms with Gasteiger partial charge in [-0.25, -0.2) is 0 Å². The van der Waals surface area contributed by atoms with Crippen LogP contribution in [0.3, 0.4) is 0 Å². The SMILES string of the molecule is CCNC(C)=O.[Mg]. The van der Waals surface area contributed by atoms with Crippen LogP contribution in [0.1, 0.15) is 13.8 Å². The van der Waals surface area contributed by atoms with Gasteiger partial charge in [0.25, 0.3) is 0 Å². The summed E-state index contributed by atoms with van der Waals surface area (Å²) in [6.07, 6.45) is 0. The lowest BCUT2D eigenvalue weighted by atomic mass is 10.6. The number of carbonyl (C=O) groups is 1. The molecule has 0 aromatic heterocycles. The minimum absolute atomic E-state index is 0. The van der Waals surface area contributed by atoms with Gasteiger partial charge in [0.15, 0.2) is 0 Å². The lowest BCUT2D eigenvalue weighted by Gasteiger charge is -1.88. The van der Waals surface area contributed by atoms with Crippen molar-refractivity contribution in [1.29, 1.82) is 0 Å². The van der Waals surface area contributed by atoms with Gasteiger partial charge < -0.3 is 5.32 Å². The molecule has 2 radical (unpaired) electrons. The Morgan fingerprint density at radius 3 is 2.14 bits per heavy atom. The van der Waals surface area contributed by atoms with E-state index >= 15 is 0 Å². The predicted molar refractivity (Wildman–Crippen MR) is 30.1 cm³/mol. The molecule has 3 heteroatoms. The summed E-state index contributed by atoms with van der Waals surface area (Å²) in [4.78, 5) is 9.93. The van der Waals surface area contributed by atoms with Crippen molar-refractivity contribution in [1.82, 2.24) is 5.32 Å². The van der Waals surface area contributed by atoms with Gasteiger partial charge in [-0.15, -0.1) is 0 Å². The summed E-state index contributed by atoms with van der Waals surface area (Å²) in [6, 6.07) is 0. The summed E-state index contributed by atoms with van der Waals surface area (Å²) in [7, 11) is 0. The van der Waals surface area contributed by atoms with Crippen LogP contribution in [-0.4, -0.2) is 35.5 Å². The molecule has 38 valence electrons. The molecule has 0 saturated heterocycles. The van der Waals surface area contributed by atoms with Gasteiger partial charge in [0, 0.05) is 36.5 Å². The lowest BCUT2D eigenvalue weighted by Crippen LogP contribution is -2.18. The molecule has 0 bridgehead atoms. The van der Waals surface area contributed by atoms with Crippen LogP contribution < -0.4 is 5.32 Å². The number of carbonyl (C=O) groups excluding carboxylic acids is 1. The van der Waals surface area contributed by atoms with Crippen LogP contribution in [0.4, 0.5) is 0 Å². The average Bonchev–Trinajstić information content (AvgIpc) is 1.35. The van der Waals surface area contributed by atoms with Gasteiger partial charge >= 0.3 is 0 Å². The van der Waals surface area contributed by atoms with E-state index < -0.39 is 0 Å². The van der Waals surface area contributed by atoms with Gasteiger partial charge in [-0.1, -0.05) is 0 Å².